The zero-order valence-corrected chi connectivity index (χ0v) is 12.7. The Kier molecular flexibility index (Phi) is 5.45. The van der Waals surface area contributed by atoms with E-state index in [9.17, 15) is 13.2 Å². The molecule has 0 spiro atoms. The third-order valence-corrected chi connectivity index (χ3v) is 5.51. The average Bonchev–Trinajstić information content (AvgIpc) is 2.85. The first-order chi connectivity index (χ1) is 8.84. The molecule has 0 saturated carbocycles. The Balaban J connectivity index is 3.04. The molecule has 1 heterocycles. The first kappa shape index (κ1) is 16.1. The number of aromatic nitrogens is 1. The van der Waals surface area contributed by atoms with E-state index >= 15 is 0 Å². The second-order valence-corrected chi connectivity index (χ2v) is 7.00. The van der Waals surface area contributed by atoms with Crippen LogP contribution in [0.1, 0.15) is 23.8 Å². The molecule has 1 aromatic heterocycles. The number of nitrogens with one attached hydrogen (secondary N) is 1. The van der Waals surface area contributed by atoms with Crippen LogP contribution in [0.2, 0.25) is 0 Å². The Bertz CT molecular complexity index is 539. The summed E-state index contributed by atoms with van der Waals surface area (Å²) < 4.78 is 26.0. The van der Waals surface area contributed by atoms with Gasteiger partial charge in [-0.05, 0) is 18.7 Å². The van der Waals surface area contributed by atoms with Crippen molar-refractivity contribution in [3.8, 4) is 0 Å². The number of aromatic carboxylic acids is 1. The highest BCUT2D eigenvalue weighted by atomic mass is 32.2. The zero-order valence-electron chi connectivity index (χ0n) is 11.1. The number of rotatable bonds is 7. The predicted octanol–water partition coefficient (Wildman–Crippen LogP) is 1.48. The molecule has 8 heteroatoms. The first-order valence-corrected chi connectivity index (χ1v) is 8.56. The lowest BCUT2D eigenvalue weighted by atomic mass is 10.3. The summed E-state index contributed by atoms with van der Waals surface area (Å²) in [6.07, 6.45) is 3.83. The summed E-state index contributed by atoms with van der Waals surface area (Å²) in [4.78, 5) is 13.2. The van der Waals surface area contributed by atoms with Gasteiger partial charge in [-0.3, -0.25) is 0 Å². The van der Waals surface area contributed by atoms with E-state index in [1.165, 1.54) is 17.5 Å². The van der Waals surface area contributed by atoms with Crippen LogP contribution in [0.3, 0.4) is 0 Å². The van der Waals surface area contributed by atoms with Gasteiger partial charge in [0.15, 0.2) is 0 Å². The van der Waals surface area contributed by atoms with Crippen molar-refractivity contribution in [3.05, 3.63) is 18.0 Å². The maximum atomic E-state index is 12.3. The Morgan fingerprint density at radius 3 is 2.63 bits per heavy atom. The second-order valence-electron chi connectivity index (χ2n) is 4.09. The quantitative estimate of drug-likeness (QED) is 0.796. The van der Waals surface area contributed by atoms with Crippen LogP contribution in [0.5, 0.6) is 0 Å². The average molecular weight is 306 g/mol. The van der Waals surface area contributed by atoms with Crippen molar-refractivity contribution in [3.63, 3.8) is 0 Å². The molecule has 0 bridgehead atoms. The summed E-state index contributed by atoms with van der Waals surface area (Å²) in [5.41, 5.74) is -0.134. The molecule has 0 saturated heterocycles. The summed E-state index contributed by atoms with van der Waals surface area (Å²) in [7, 11) is -2.14. The van der Waals surface area contributed by atoms with Crippen molar-refractivity contribution in [1.82, 2.24) is 9.29 Å². The van der Waals surface area contributed by atoms with E-state index in [0.29, 0.717) is 12.2 Å². The van der Waals surface area contributed by atoms with E-state index in [1.807, 2.05) is 13.2 Å². The fourth-order valence-electron chi connectivity index (χ4n) is 1.68. The molecular formula is C11H18N2O4S2. The fourth-order valence-corrected chi connectivity index (χ4v) is 4.04. The molecule has 0 aromatic carbocycles. The zero-order chi connectivity index (χ0) is 14.6. The summed E-state index contributed by atoms with van der Waals surface area (Å²) in [6, 6.07) is 1.03. The fraction of sp³-hybridized carbons (Fsp3) is 0.545. The van der Waals surface area contributed by atoms with Crippen LogP contribution >= 0.6 is 11.8 Å². The highest BCUT2D eigenvalue weighted by molar-refractivity contribution is 7.98. The molecule has 0 radical (unpaired) electrons. The number of aromatic amines is 1. The largest absolute Gasteiger partial charge is 0.477 e. The monoisotopic (exact) mass is 306 g/mol. The standard InChI is InChI=1S/C11H18N2O4S2/c1-4-8(7-18-3)13(2)19(16,17)9-5-10(11(14)15)12-6-9/h5-6,8,12H,4,7H2,1-3H3,(H,14,15). The number of sulfonamides is 1. The van der Waals surface area contributed by atoms with Gasteiger partial charge >= 0.3 is 5.97 Å². The van der Waals surface area contributed by atoms with E-state index in [1.54, 1.807) is 11.8 Å². The van der Waals surface area contributed by atoms with Gasteiger partial charge in [0.05, 0.1) is 0 Å². The number of thioether (sulfide) groups is 1. The molecule has 1 atom stereocenters. The van der Waals surface area contributed by atoms with Crippen molar-refractivity contribution in [2.75, 3.05) is 19.1 Å². The van der Waals surface area contributed by atoms with Gasteiger partial charge in [-0.15, -0.1) is 0 Å². The molecule has 108 valence electrons. The number of nitrogens with zero attached hydrogens (tertiary/aromatic N) is 1. The molecule has 2 N–H and O–H groups in total. The highest BCUT2D eigenvalue weighted by Crippen LogP contribution is 2.20. The number of carboxylic acid groups (broad SMARTS) is 1. The normalized spacial score (nSPS) is 13.7. The molecule has 0 fully saturated rings. The predicted molar refractivity (Wildman–Crippen MR) is 75.2 cm³/mol. The van der Waals surface area contributed by atoms with Crippen molar-refractivity contribution >= 4 is 27.8 Å². The number of hydrogen-bond acceptors (Lipinski definition) is 4. The summed E-state index contributed by atoms with van der Waals surface area (Å²) >= 11 is 1.58. The van der Waals surface area contributed by atoms with Crippen LogP contribution in [0.15, 0.2) is 17.2 Å². The van der Waals surface area contributed by atoms with Gasteiger partial charge in [-0.2, -0.15) is 16.1 Å². The van der Waals surface area contributed by atoms with Crippen LogP contribution in [0.4, 0.5) is 0 Å². The van der Waals surface area contributed by atoms with Gasteiger partial charge in [0, 0.05) is 25.0 Å². The molecule has 1 rings (SSSR count). The minimum absolute atomic E-state index is 0.0213. The van der Waals surface area contributed by atoms with E-state index in [4.69, 9.17) is 5.11 Å². The van der Waals surface area contributed by atoms with E-state index in [2.05, 4.69) is 4.98 Å². The van der Waals surface area contributed by atoms with Crippen LogP contribution in [-0.4, -0.2) is 53.9 Å². The van der Waals surface area contributed by atoms with Crippen molar-refractivity contribution in [2.45, 2.75) is 24.3 Å². The van der Waals surface area contributed by atoms with E-state index in [-0.39, 0.29) is 16.6 Å². The van der Waals surface area contributed by atoms with Crippen molar-refractivity contribution in [1.29, 1.82) is 0 Å². The Labute approximate surface area is 117 Å². The molecule has 0 aliphatic carbocycles. The number of carboxylic acids is 1. The van der Waals surface area contributed by atoms with Crippen LogP contribution in [0.25, 0.3) is 0 Å². The lowest BCUT2D eigenvalue weighted by molar-refractivity contribution is 0.0691. The molecule has 6 nitrogen and oxygen atoms in total. The minimum atomic E-state index is -3.66. The maximum Gasteiger partial charge on any atom is 0.352 e. The Hall–Kier alpha value is -0.990. The van der Waals surface area contributed by atoms with Crippen LogP contribution in [-0.2, 0) is 10.0 Å². The van der Waals surface area contributed by atoms with Crippen molar-refractivity contribution < 1.29 is 18.3 Å². The van der Waals surface area contributed by atoms with E-state index < -0.39 is 16.0 Å². The molecule has 0 amide bonds. The summed E-state index contributed by atoms with van der Waals surface area (Å²) in [6.45, 7) is 1.92. The second kappa shape index (κ2) is 6.44. The molecule has 0 aliphatic rings. The molecule has 1 unspecified atom stereocenters. The first-order valence-electron chi connectivity index (χ1n) is 5.73. The molecule has 1 aromatic rings. The molecular weight excluding hydrogens is 288 g/mol. The number of carbonyl (C=O) groups is 1. The van der Waals surface area contributed by atoms with Crippen molar-refractivity contribution in [2.24, 2.45) is 0 Å². The van der Waals surface area contributed by atoms with Crippen LogP contribution < -0.4 is 0 Å². The minimum Gasteiger partial charge on any atom is -0.477 e. The summed E-state index contributed by atoms with van der Waals surface area (Å²) in [5, 5.41) is 8.80. The number of H-pyrrole nitrogens is 1. The SMILES string of the molecule is CCC(CSC)N(C)S(=O)(=O)c1c[nH]c(C(=O)O)c1. The van der Waals surface area contributed by atoms with Gasteiger partial charge in [0.2, 0.25) is 10.0 Å². The van der Waals surface area contributed by atoms with Gasteiger partial charge in [0.1, 0.15) is 10.6 Å². The van der Waals surface area contributed by atoms with Gasteiger partial charge in [-0.25, -0.2) is 13.2 Å². The Morgan fingerprint density at radius 2 is 2.21 bits per heavy atom. The summed E-state index contributed by atoms with van der Waals surface area (Å²) in [5.74, 6) is -0.483. The maximum absolute atomic E-state index is 12.3. The third kappa shape index (κ3) is 3.52. The number of hydrogen-bond donors (Lipinski definition) is 2. The van der Waals surface area contributed by atoms with E-state index in [0.717, 1.165) is 6.07 Å². The van der Waals surface area contributed by atoms with Gasteiger partial charge in [-0.1, -0.05) is 6.92 Å². The molecule has 0 aliphatic heterocycles. The van der Waals surface area contributed by atoms with Gasteiger partial charge in [0.25, 0.3) is 0 Å². The topological polar surface area (TPSA) is 90.5 Å². The van der Waals surface area contributed by atoms with Crippen LogP contribution in [0, 0.1) is 0 Å². The molecule has 19 heavy (non-hydrogen) atoms. The lowest BCUT2D eigenvalue weighted by Crippen LogP contribution is -2.38. The van der Waals surface area contributed by atoms with Gasteiger partial charge < -0.3 is 10.1 Å². The third-order valence-electron chi connectivity index (χ3n) is 2.91. The highest BCUT2D eigenvalue weighted by Gasteiger charge is 2.28. The smallest absolute Gasteiger partial charge is 0.352 e. The Morgan fingerprint density at radius 1 is 1.58 bits per heavy atom. The lowest BCUT2D eigenvalue weighted by Gasteiger charge is -2.25.